The molecule has 2 heterocycles. The summed E-state index contributed by atoms with van der Waals surface area (Å²) in [6.45, 7) is 0. The average molecular weight is 306 g/mol. The van der Waals surface area contributed by atoms with Crippen molar-refractivity contribution in [2.24, 2.45) is 0 Å². The van der Waals surface area contributed by atoms with Crippen molar-refractivity contribution in [1.29, 1.82) is 0 Å². The van der Waals surface area contributed by atoms with Gasteiger partial charge in [0.05, 0.1) is 23.5 Å². The molecule has 1 aromatic carbocycles. The van der Waals surface area contributed by atoms with E-state index < -0.39 is 0 Å². The van der Waals surface area contributed by atoms with Crippen molar-refractivity contribution in [3.05, 3.63) is 64.2 Å². The first-order chi connectivity index (χ1) is 9.66. The number of benzene rings is 1. The first-order valence-electron chi connectivity index (χ1n) is 5.90. The lowest BCUT2D eigenvalue weighted by molar-refractivity contribution is 0.0994. The number of rotatable bonds is 3. The van der Waals surface area contributed by atoms with E-state index in [2.05, 4.69) is 10.1 Å². The highest BCUT2D eigenvalue weighted by atomic mass is 35.5. The van der Waals surface area contributed by atoms with Crippen molar-refractivity contribution in [2.45, 2.75) is 6.42 Å². The van der Waals surface area contributed by atoms with Gasteiger partial charge in [-0.05, 0) is 17.7 Å². The van der Waals surface area contributed by atoms with Gasteiger partial charge < -0.3 is 0 Å². The second kappa shape index (κ2) is 5.23. The van der Waals surface area contributed by atoms with Gasteiger partial charge in [-0.2, -0.15) is 5.10 Å². The van der Waals surface area contributed by atoms with Crippen molar-refractivity contribution < 1.29 is 4.79 Å². The monoisotopic (exact) mass is 305 g/mol. The van der Waals surface area contributed by atoms with Crippen molar-refractivity contribution in [3.63, 3.8) is 0 Å². The number of aromatic nitrogens is 3. The number of fused-ring (bicyclic) bond motifs is 1. The molecule has 0 atom stereocenters. The predicted octanol–water partition coefficient (Wildman–Crippen LogP) is 3.46. The highest BCUT2D eigenvalue weighted by Gasteiger charge is 2.16. The first-order valence-corrected chi connectivity index (χ1v) is 6.66. The normalized spacial score (nSPS) is 10.9. The molecular weight excluding hydrogens is 297 g/mol. The van der Waals surface area contributed by atoms with E-state index in [1.807, 2.05) is 0 Å². The van der Waals surface area contributed by atoms with Gasteiger partial charge in [0.1, 0.15) is 0 Å². The molecule has 0 aliphatic heterocycles. The maximum Gasteiger partial charge on any atom is 0.171 e. The Morgan fingerprint density at radius 3 is 2.70 bits per heavy atom. The molecule has 6 heteroatoms. The molecular formula is C14H9Cl2N3O. The van der Waals surface area contributed by atoms with Gasteiger partial charge in [-0.25, -0.2) is 4.52 Å². The Morgan fingerprint density at radius 2 is 1.95 bits per heavy atom. The second-order valence-electron chi connectivity index (χ2n) is 4.26. The van der Waals surface area contributed by atoms with Gasteiger partial charge >= 0.3 is 0 Å². The fraction of sp³-hybridized carbons (Fsp3) is 0.0714. The van der Waals surface area contributed by atoms with Gasteiger partial charge in [-0.1, -0.05) is 29.3 Å². The fourth-order valence-corrected chi connectivity index (χ4v) is 2.54. The zero-order chi connectivity index (χ0) is 14.1. The van der Waals surface area contributed by atoms with E-state index in [1.165, 1.54) is 6.20 Å². The minimum atomic E-state index is -0.0944. The summed E-state index contributed by atoms with van der Waals surface area (Å²) in [5, 5.41) is 5.09. The van der Waals surface area contributed by atoms with Gasteiger partial charge in [-0.3, -0.25) is 9.78 Å². The molecule has 0 N–H and O–H groups in total. The third-order valence-corrected chi connectivity index (χ3v) is 3.73. The maximum absolute atomic E-state index is 12.4. The molecule has 0 aliphatic rings. The molecule has 0 spiro atoms. The highest BCUT2D eigenvalue weighted by Crippen LogP contribution is 2.26. The Morgan fingerprint density at radius 1 is 1.20 bits per heavy atom. The van der Waals surface area contributed by atoms with Crippen molar-refractivity contribution in [3.8, 4) is 0 Å². The molecule has 0 saturated heterocycles. The Balaban J connectivity index is 1.98. The number of halogens is 2. The van der Waals surface area contributed by atoms with E-state index in [9.17, 15) is 4.79 Å². The van der Waals surface area contributed by atoms with E-state index in [0.717, 1.165) is 0 Å². The summed E-state index contributed by atoms with van der Waals surface area (Å²) >= 11 is 12.2. The van der Waals surface area contributed by atoms with Crippen LogP contribution in [-0.2, 0) is 6.42 Å². The molecule has 0 radical (unpaired) electrons. The summed E-state index contributed by atoms with van der Waals surface area (Å²) in [7, 11) is 0. The lowest BCUT2D eigenvalue weighted by atomic mass is 10.0. The Labute approximate surface area is 125 Å². The molecule has 4 nitrogen and oxygen atoms in total. The van der Waals surface area contributed by atoms with E-state index in [0.29, 0.717) is 26.7 Å². The van der Waals surface area contributed by atoms with E-state index >= 15 is 0 Å². The van der Waals surface area contributed by atoms with Crippen LogP contribution in [0.2, 0.25) is 10.0 Å². The molecule has 20 heavy (non-hydrogen) atoms. The lowest BCUT2D eigenvalue weighted by Gasteiger charge is -2.05. The number of hydrogen-bond donors (Lipinski definition) is 0. The van der Waals surface area contributed by atoms with E-state index in [-0.39, 0.29) is 12.2 Å². The van der Waals surface area contributed by atoms with Gasteiger partial charge in [0.2, 0.25) is 0 Å². The van der Waals surface area contributed by atoms with Crippen LogP contribution >= 0.6 is 23.2 Å². The van der Waals surface area contributed by atoms with Crippen LogP contribution in [0.5, 0.6) is 0 Å². The van der Waals surface area contributed by atoms with Gasteiger partial charge in [0.15, 0.2) is 5.78 Å². The number of ketones is 1. The molecule has 100 valence electrons. The topological polar surface area (TPSA) is 47.3 Å². The standard InChI is InChI=1S/C14H9Cl2N3O/c15-11-2-1-3-12(16)9(11)6-14(20)10-7-18-19-5-4-17-8-13(10)19/h1-5,7-8H,6H2. The number of carbonyl (C=O) groups excluding carboxylic acids is 1. The van der Waals surface area contributed by atoms with Crippen molar-refractivity contribution in [1.82, 2.24) is 14.6 Å². The molecule has 0 aliphatic carbocycles. The highest BCUT2D eigenvalue weighted by molar-refractivity contribution is 6.36. The number of hydrogen-bond acceptors (Lipinski definition) is 3. The van der Waals surface area contributed by atoms with E-state index in [1.54, 1.807) is 41.3 Å². The van der Waals surface area contributed by atoms with Gasteiger partial charge in [0.25, 0.3) is 0 Å². The minimum Gasteiger partial charge on any atom is -0.294 e. The summed E-state index contributed by atoms with van der Waals surface area (Å²) in [5.41, 5.74) is 1.80. The smallest absolute Gasteiger partial charge is 0.171 e. The second-order valence-corrected chi connectivity index (χ2v) is 5.08. The Hall–Kier alpha value is -1.91. The average Bonchev–Trinajstić information content (AvgIpc) is 2.87. The number of Topliss-reactive ketones (excluding diaryl/α,β-unsaturated/α-hetero) is 1. The first kappa shape index (κ1) is 13.1. The van der Waals surface area contributed by atoms with Crippen LogP contribution < -0.4 is 0 Å². The third-order valence-electron chi connectivity index (χ3n) is 3.02. The van der Waals surface area contributed by atoms with Crippen molar-refractivity contribution in [2.75, 3.05) is 0 Å². The molecule has 0 unspecified atom stereocenters. The largest absolute Gasteiger partial charge is 0.294 e. The van der Waals surface area contributed by atoms with Crippen LogP contribution in [0.4, 0.5) is 0 Å². The molecule has 3 aromatic rings. The van der Waals surface area contributed by atoms with Gasteiger partial charge in [-0.15, -0.1) is 0 Å². The minimum absolute atomic E-state index is 0.0944. The summed E-state index contributed by atoms with van der Waals surface area (Å²) in [5.74, 6) is -0.0944. The van der Waals surface area contributed by atoms with Gasteiger partial charge in [0, 0.05) is 28.9 Å². The fourth-order valence-electron chi connectivity index (χ4n) is 2.01. The number of nitrogens with zero attached hydrogens (tertiary/aromatic N) is 3. The third kappa shape index (κ3) is 2.28. The molecule has 0 fully saturated rings. The Kier molecular flexibility index (Phi) is 3.42. The van der Waals surface area contributed by atoms with Crippen LogP contribution in [0.3, 0.4) is 0 Å². The van der Waals surface area contributed by atoms with Crippen LogP contribution in [0, 0.1) is 0 Å². The number of carbonyl (C=O) groups is 1. The zero-order valence-corrected chi connectivity index (χ0v) is 11.8. The van der Waals surface area contributed by atoms with Crippen LogP contribution in [0.1, 0.15) is 15.9 Å². The molecule has 0 amide bonds. The van der Waals surface area contributed by atoms with Crippen LogP contribution in [0.15, 0.2) is 43.0 Å². The molecule has 0 saturated carbocycles. The maximum atomic E-state index is 12.4. The van der Waals surface area contributed by atoms with Crippen LogP contribution in [0.25, 0.3) is 5.52 Å². The summed E-state index contributed by atoms with van der Waals surface area (Å²) in [6.07, 6.45) is 6.57. The van der Waals surface area contributed by atoms with Crippen molar-refractivity contribution >= 4 is 34.5 Å². The molecule has 3 rings (SSSR count). The predicted molar refractivity (Wildman–Crippen MR) is 77.5 cm³/mol. The molecule has 2 aromatic heterocycles. The lowest BCUT2D eigenvalue weighted by Crippen LogP contribution is -2.04. The quantitative estimate of drug-likeness (QED) is 0.696. The summed E-state index contributed by atoms with van der Waals surface area (Å²) in [4.78, 5) is 16.4. The van der Waals surface area contributed by atoms with E-state index in [4.69, 9.17) is 23.2 Å². The SMILES string of the molecule is O=C(Cc1c(Cl)cccc1Cl)c1cnn2ccncc12. The summed E-state index contributed by atoms with van der Waals surface area (Å²) in [6, 6.07) is 5.18. The Bertz CT molecular complexity index is 778. The zero-order valence-electron chi connectivity index (χ0n) is 10.3. The summed E-state index contributed by atoms with van der Waals surface area (Å²) < 4.78 is 1.61. The van der Waals surface area contributed by atoms with Crippen LogP contribution in [-0.4, -0.2) is 20.4 Å². The molecule has 0 bridgehead atoms.